The summed E-state index contributed by atoms with van der Waals surface area (Å²) in [4.78, 5) is 208. The molecule has 16 aromatic rings. The summed E-state index contributed by atoms with van der Waals surface area (Å²) in [5, 5.41) is 7.74. The van der Waals surface area contributed by atoms with Gasteiger partial charge in [-0.05, 0) is 240 Å². The van der Waals surface area contributed by atoms with Gasteiger partial charge >= 0.3 is 92.8 Å². The van der Waals surface area contributed by atoms with Crippen molar-refractivity contribution < 1.29 is 84.6 Å². The molecule has 120 heavy (non-hydrogen) atoms. The molecular weight excluding hydrogens is 1560 g/mol. The number of nitrogens with one attached hydrogen (secondary N) is 2. The summed E-state index contributed by atoms with van der Waals surface area (Å²) in [6, 6.07) is 55.3. The fraction of sp³-hybridized carbons (Fsp3) is 0.0227. The van der Waals surface area contributed by atoms with Gasteiger partial charge in [0.25, 0.3) is 11.8 Å². The van der Waals surface area contributed by atoms with Gasteiger partial charge in [-0.15, -0.1) is 0 Å². The fourth-order valence-corrected chi connectivity index (χ4v) is 13.2. The van der Waals surface area contributed by atoms with E-state index in [-0.39, 0.29) is 110 Å². The predicted molar refractivity (Wildman–Crippen MR) is 433 cm³/mol. The zero-order valence-corrected chi connectivity index (χ0v) is 61.6. The van der Waals surface area contributed by atoms with Crippen molar-refractivity contribution in [3.63, 3.8) is 0 Å². The van der Waals surface area contributed by atoms with Crippen LogP contribution in [0.15, 0.2) is 262 Å². The number of ether oxygens (including phenoxy) is 4. The third-order valence-corrected chi connectivity index (χ3v) is 19.4. The Morgan fingerprint density at radius 3 is 0.758 bits per heavy atom. The molecule has 4 aliphatic rings. The molecule has 32 nitrogen and oxygen atoms in total. The van der Waals surface area contributed by atoms with Crippen LogP contribution in [0.3, 0.4) is 0 Å². The molecule has 12 aromatic carbocycles. The monoisotopic (exact) mass is 1610 g/mol. The highest BCUT2D eigenvalue weighted by molar-refractivity contribution is 6.29. The van der Waals surface area contributed by atoms with E-state index in [4.69, 9.17) is 22.9 Å². The highest BCUT2D eigenvalue weighted by Crippen LogP contribution is 2.37. The average Bonchev–Trinajstić information content (AvgIpc) is 1.14. The predicted octanol–water partition coefficient (Wildman–Crippen LogP) is 10.1. The molecule has 0 bridgehead atoms. The third-order valence-electron chi connectivity index (χ3n) is 19.4. The quantitative estimate of drug-likeness (QED) is 0.0390. The van der Waals surface area contributed by atoms with Gasteiger partial charge < -0.3 is 70.2 Å². The number of carbonyl (C=O) groups excluding carboxylic acids is 10. The van der Waals surface area contributed by atoms with Crippen molar-refractivity contribution in [1.82, 2.24) is 0 Å². The third kappa shape index (κ3) is 14.9. The van der Waals surface area contributed by atoms with Gasteiger partial charge in [-0.1, -0.05) is 24.3 Å². The molecule has 0 spiro atoms. The summed E-state index contributed by atoms with van der Waals surface area (Å²) in [6.07, 6.45) is 0. The van der Waals surface area contributed by atoms with Gasteiger partial charge in [0.2, 0.25) is 0 Å². The maximum Gasteiger partial charge on any atom is 0.346 e. The Bertz CT molecular complexity index is 7030. The number of benzene rings is 12. The first-order valence-corrected chi connectivity index (χ1v) is 35.3. The van der Waals surface area contributed by atoms with Gasteiger partial charge in [0.15, 0.2) is 0 Å². The zero-order chi connectivity index (χ0) is 85.1. The van der Waals surface area contributed by atoms with Gasteiger partial charge in [0.1, 0.15) is 0 Å². The first-order chi connectivity index (χ1) is 57.3. The number of carbonyl (C=O) groups is 10. The molecule has 0 unspecified atom stereocenters. The lowest BCUT2D eigenvalue weighted by Crippen LogP contribution is -2.25. The summed E-state index contributed by atoms with van der Waals surface area (Å²) >= 11 is 0. The van der Waals surface area contributed by atoms with E-state index in [1.807, 2.05) is 38.1 Å². The minimum absolute atomic E-state index is 0.0181. The lowest BCUT2D eigenvalue weighted by Gasteiger charge is -2.21. The lowest BCUT2D eigenvalue weighted by molar-refractivity contribution is 0.0366. The Balaban J connectivity index is 0.000000113. The molecule has 4 aliphatic heterocycles. The van der Waals surface area contributed by atoms with Gasteiger partial charge in [-0.3, -0.25) is 9.59 Å². The molecule has 2 amide bonds. The van der Waals surface area contributed by atoms with Crippen molar-refractivity contribution in [3.05, 3.63) is 356 Å². The highest BCUT2D eigenvalue weighted by Gasteiger charge is 2.36. The molecule has 4 aromatic heterocycles. The Hall–Kier alpha value is -17.6. The van der Waals surface area contributed by atoms with Crippen molar-refractivity contribution in [2.24, 2.45) is 0 Å². The highest BCUT2D eigenvalue weighted by atomic mass is 16.6. The maximum atomic E-state index is 12.2. The van der Waals surface area contributed by atoms with Crippen molar-refractivity contribution in [2.45, 2.75) is 13.8 Å². The second kappa shape index (κ2) is 30.7. The van der Waals surface area contributed by atoms with Crippen LogP contribution in [0.1, 0.15) is 115 Å². The summed E-state index contributed by atoms with van der Waals surface area (Å²) in [6.45, 7) is 4.03. The molecule has 10 N–H and O–H groups in total. The van der Waals surface area contributed by atoms with E-state index in [0.717, 1.165) is 34.6 Å². The molecule has 0 aliphatic carbocycles. The lowest BCUT2D eigenvalue weighted by atomic mass is 9.89. The molecule has 8 heterocycles. The largest absolute Gasteiger partial charge is 0.399 e. The van der Waals surface area contributed by atoms with Crippen LogP contribution in [0.4, 0.5) is 34.1 Å². The van der Waals surface area contributed by atoms with Crippen LogP contribution in [0.5, 0.6) is 0 Å². The van der Waals surface area contributed by atoms with Gasteiger partial charge in [0.05, 0.1) is 87.6 Å². The topological polar surface area (TPSA) is 525 Å². The normalized spacial score (nSPS) is 12.6. The van der Waals surface area contributed by atoms with E-state index in [9.17, 15) is 86.3 Å². The Morgan fingerprint density at radius 1 is 0.250 bits per heavy atom. The molecule has 0 atom stereocenters. The zero-order valence-electron chi connectivity index (χ0n) is 61.6. The van der Waals surface area contributed by atoms with Gasteiger partial charge in [-0.2, -0.15) is 0 Å². The molecule has 0 fully saturated rings. The Labute approximate surface area is 665 Å². The van der Waals surface area contributed by atoms with E-state index >= 15 is 0 Å². The number of hydrogen-bond acceptors (Lipinski definition) is 30. The SMILES string of the molecule is Cc1cc(-c2ccc(N)c(C)c2)ccc1N.Nc1ccc(NC(=O)c2ccc(C(=O)Nc3ccc(N)cc3)cc2)cc1.O=C1OC(=O)c2cc(-c3ccc4c(c3)C(=O)OC4=O)ccc21.O=C1OC(=O)c2ccc3c4c(ccc1c24)C(=O)OC3=O.O=c1oc(=O)c2cc3c(=O)oc(=O)c3cc12.O=c1oc(=O)c2cc3cc4c(=O)oc(=O)c4cc3cc12. The number of cyclic esters (lactones) is 8. The van der Waals surface area contributed by atoms with Crippen molar-refractivity contribution in [3.8, 4) is 22.3 Å². The van der Waals surface area contributed by atoms with Crippen LogP contribution in [-0.4, -0.2) is 59.6 Å². The number of rotatable bonds is 6. The van der Waals surface area contributed by atoms with E-state index in [1.165, 1.54) is 83.9 Å². The molecule has 0 saturated carbocycles. The maximum absolute atomic E-state index is 12.2. The summed E-state index contributed by atoms with van der Waals surface area (Å²) in [7, 11) is 0. The fourth-order valence-electron chi connectivity index (χ4n) is 13.2. The Morgan fingerprint density at radius 2 is 0.483 bits per heavy atom. The second-order valence-electron chi connectivity index (χ2n) is 27.0. The minimum atomic E-state index is -0.824. The summed E-state index contributed by atoms with van der Waals surface area (Å²) in [5.74, 6) is -6.44. The van der Waals surface area contributed by atoms with E-state index < -0.39 is 92.8 Å². The number of amides is 2. The standard InChI is InChI=1S/C20H18N4O2.C16H6O6.C14H16N2.2C14H4O6.C10H2O6/c21-15-5-9-17(10-6-15)23-19(25)13-1-2-14(4-3-13)20(26)24-18-11-7-16(22)8-12-18;17-13-9-3-1-7(5-11(9)15(19)21-13)8-2-4-10-12(6-8)16(20)22-14(10)18;1-9-7-11(3-5-13(9)15)12-4-6-14(16)10(2)8-12;15-11-7-1-5-2-9-10(14(18)20-13(9)17)4-6(5)3-8(7)12(16)19-11;15-11-5-1-2-6-10-8(14(18)20-12(6)16)4-3-7(9(5)10)13(17)19-11;11-7-3-1-4-6(10(14)16-8(4)12)2-5(3)9(13)15-7/h1-12H,21-22H2,(H,23,25)(H,24,26);1-6H;3-8H,15-16H2,1-2H3;2*1-4H;1-2H. The number of anilines is 6. The second-order valence-corrected chi connectivity index (χ2v) is 27.0. The van der Waals surface area contributed by atoms with Crippen LogP contribution in [0.25, 0.3) is 86.9 Å². The molecule has 0 saturated heterocycles. The van der Waals surface area contributed by atoms with Crippen LogP contribution in [0.2, 0.25) is 0 Å². The molecule has 20 rings (SSSR count). The van der Waals surface area contributed by atoms with E-state index in [2.05, 4.69) is 59.4 Å². The van der Waals surface area contributed by atoms with Crippen LogP contribution < -0.4 is 78.6 Å². The number of aryl methyl sites for hydroxylation is 2. The average molecular weight is 1610 g/mol. The van der Waals surface area contributed by atoms with Crippen molar-refractivity contribution in [1.29, 1.82) is 0 Å². The van der Waals surface area contributed by atoms with Crippen LogP contribution in [0, 0.1) is 13.8 Å². The number of hydrogen-bond donors (Lipinski definition) is 6. The molecule has 32 heteroatoms. The van der Waals surface area contributed by atoms with Crippen molar-refractivity contribution in [2.75, 3.05) is 33.6 Å². The number of nitrogens with two attached hydrogens (primary N) is 4. The molecule has 0 radical (unpaired) electrons. The first-order valence-electron chi connectivity index (χ1n) is 35.3. The Kier molecular flexibility index (Phi) is 19.9. The van der Waals surface area contributed by atoms with Gasteiger partial charge in [0, 0.05) is 56.0 Å². The minimum Gasteiger partial charge on any atom is -0.399 e. The smallest absolute Gasteiger partial charge is 0.346 e. The number of fused-ring (bicyclic) bond motifs is 7. The van der Waals surface area contributed by atoms with Crippen LogP contribution >= 0.6 is 0 Å². The molecule has 588 valence electrons. The number of nitrogen functional groups attached to an aromatic ring is 4. The van der Waals surface area contributed by atoms with Crippen molar-refractivity contribution >= 4 is 158 Å². The van der Waals surface area contributed by atoms with E-state index in [0.29, 0.717) is 55.8 Å². The summed E-state index contributed by atoms with van der Waals surface area (Å²) in [5.41, 5.74) is 29.0. The summed E-state index contributed by atoms with van der Waals surface area (Å²) < 4.78 is 36.0. The number of furan rings is 4. The first kappa shape index (κ1) is 77.7. The van der Waals surface area contributed by atoms with E-state index in [1.54, 1.807) is 84.9 Å². The molecular formula is C88H50N6O26. The van der Waals surface area contributed by atoms with Gasteiger partial charge in [-0.25, -0.2) is 76.7 Å². The van der Waals surface area contributed by atoms with Crippen LogP contribution in [-0.2, 0) is 18.9 Å². The number of esters is 8.